The van der Waals surface area contributed by atoms with Crippen LogP contribution in [0.25, 0.3) is 0 Å². The second kappa shape index (κ2) is 10.2. The van der Waals surface area contributed by atoms with Crippen LogP contribution in [-0.4, -0.2) is 25.9 Å². The van der Waals surface area contributed by atoms with E-state index in [9.17, 15) is 8.42 Å². The number of ether oxygens (including phenoxy) is 1. The molecule has 0 aliphatic heterocycles. The van der Waals surface area contributed by atoms with Crippen molar-refractivity contribution in [1.82, 2.24) is 0 Å². The van der Waals surface area contributed by atoms with Crippen LogP contribution >= 0.6 is 23.4 Å². The fourth-order valence-corrected chi connectivity index (χ4v) is 3.80. The van der Waals surface area contributed by atoms with E-state index in [0.29, 0.717) is 18.1 Å². The highest BCUT2D eigenvalue weighted by Gasteiger charge is 2.20. The maximum atomic E-state index is 12.4. The number of nitrogens with two attached hydrogens (primary N) is 2. The van der Waals surface area contributed by atoms with Gasteiger partial charge in [0.1, 0.15) is 16.4 Å². The molecule has 0 amide bonds. The Labute approximate surface area is 179 Å². The molecule has 0 aromatic heterocycles. The average Bonchev–Trinajstić information content (AvgIpc) is 2.50. The van der Waals surface area contributed by atoms with Gasteiger partial charge < -0.3 is 32.9 Å². The number of thioether (sulfide) groups is 1. The first-order chi connectivity index (χ1) is 11.8. The van der Waals surface area contributed by atoms with Crippen molar-refractivity contribution >= 4 is 38.6 Å². The predicted octanol–water partition coefficient (Wildman–Crippen LogP) is -1.39. The van der Waals surface area contributed by atoms with E-state index in [1.807, 2.05) is 6.92 Å². The molecule has 0 unspecified atom stereocenters. The van der Waals surface area contributed by atoms with E-state index in [2.05, 4.69) is 0 Å². The smallest absolute Gasteiger partial charge is 0.340 e. The number of amidine groups is 1. The van der Waals surface area contributed by atoms with Gasteiger partial charge in [-0.25, -0.2) is 0 Å². The van der Waals surface area contributed by atoms with Gasteiger partial charge in [0.15, 0.2) is 0 Å². The zero-order chi connectivity index (χ0) is 18.4. The Kier molecular flexibility index (Phi) is 9.01. The van der Waals surface area contributed by atoms with E-state index < -0.39 is 10.1 Å². The van der Waals surface area contributed by atoms with E-state index in [1.165, 1.54) is 30.0 Å². The van der Waals surface area contributed by atoms with Gasteiger partial charge >= 0.3 is 10.1 Å². The summed E-state index contributed by atoms with van der Waals surface area (Å²) in [6.07, 6.45) is 0. The second-order valence-electron chi connectivity index (χ2n) is 5.05. The Hall–Kier alpha value is -1.17. The summed E-state index contributed by atoms with van der Waals surface area (Å²) in [4.78, 5) is -0.0917. The summed E-state index contributed by atoms with van der Waals surface area (Å²) >= 11 is 7.21. The summed E-state index contributed by atoms with van der Waals surface area (Å²) in [5, 5.41) is 5.72. The predicted molar refractivity (Wildman–Crippen MR) is 99.5 cm³/mol. The van der Waals surface area contributed by atoms with Crippen LogP contribution in [0.15, 0.2) is 47.4 Å². The number of rotatable bonds is 7. The van der Waals surface area contributed by atoms with Crippen molar-refractivity contribution in [3.63, 3.8) is 0 Å². The summed E-state index contributed by atoms with van der Waals surface area (Å²) in [5.41, 5.74) is 6.15. The minimum absolute atomic E-state index is 0. The normalized spacial score (nSPS) is 10.7. The maximum absolute atomic E-state index is 12.4. The van der Waals surface area contributed by atoms with Gasteiger partial charge in [-0.1, -0.05) is 23.7 Å². The van der Waals surface area contributed by atoms with Gasteiger partial charge in [0.25, 0.3) is 5.17 Å². The first kappa shape index (κ1) is 22.9. The van der Waals surface area contributed by atoms with Gasteiger partial charge in [-0.2, -0.15) is 8.42 Å². The van der Waals surface area contributed by atoms with Crippen LogP contribution in [0, 0.1) is 6.92 Å². The molecule has 0 heterocycles. The van der Waals surface area contributed by atoms with E-state index in [0.717, 1.165) is 5.56 Å². The third-order valence-electron chi connectivity index (χ3n) is 2.96. The molecule has 0 aliphatic rings. The van der Waals surface area contributed by atoms with Gasteiger partial charge in [0.2, 0.25) is 0 Å². The van der Waals surface area contributed by atoms with Crippen LogP contribution in [-0.2, 0) is 10.1 Å². The molecular formula is C16H18ClIN2O4S2. The molecule has 2 rings (SSSR count). The van der Waals surface area contributed by atoms with Crippen molar-refractivity contribution in [2.75, 3.05) is 12.4 Å². The lowest BCUT2D eigenvalue weighted by Gasteiger charge is -2.11. The van der Waals surface area contributed by atoms with Gasteiger partial charge in [-0.05, 0) is 48.5 Å². The fraction of sp³-hybridized carbons (Fsp3) is 0.188. The molecule has 0 radical (unpaired) electrons. The van der Waals surface area contributed by atoms with Crippen molar-refractivity contribution in [2.45, 2.75) is 11.8 Å². The third-order valence-corrected chi connectivity index (χ3v) is 5.41. The molecule has 142 valence electrons. The summed E-state index contributed by atoms with van der Waals surface area (Å²) in [5.74, 6) is 1.21. The molecule has 26 heavy (non-hydrogen) atoms. The van der Waals surface area contributed by atoms with Gasteiger partial charge in [-0.3, -0.25) is 11.1 Å². The zero-order valence-corrected chi connectivity index (χ0v) is 18.4. The van der Waals surface area contributed by atoms with Crippen LogP contribution in [0.3, 0.4) is 0 Å². The lowest BCUT2D eigenvalue weighted by Crippen LogP contribution is -3.00. The number of hydrogen-bond donors (Lipinski definition) is 2. The Morgan fingerprint density at radius 3 is 2.54 bits per heavy atom. The number of aryl methyl sites for hydroxylation is 1. The highest BCUT2D eigenvalue weighted by Crippen LogP contribution is 2.28. The van der Waals surface area contributed by atoms with Crippen molar-refractivity contribution in [3.8, 4) is 11.5 Å². The molecule has 0 aliphatic carbocycles. The van der Waals surface area contributed by atoms with Gasteiger partial charge in [0, 0.05) is 11.8 Å². The molecule has 0 spiro atoms. The molecule has 0 bridgehead atoms. The Morgan fingerprint density at radius 1 is 1.23 bits per heavy atom. The summed E-state index contributed by atoms with van der Waals surface area (Å²) in [6, 6.07) is 11.0. The average molecular weight is 529 g/mol. The van der Waals surface area contributed by atoms with Gasteiger partial charge in [0.05, 0.1) is 11.6 Å². The fourth-order valence-electron chi connectivity index (χ4n) is 1.98. The van der Waals surface area contributed by atoms with Crippen LogP contribution < -0.4 is 44.0 Å². The molecule has 6 nitrogen and oxygen atoms in total. The van der Waals surface area contributed by atoms with Crippen molar-refractivity contribution < 1.29 is 46.7 Å². The van der Waals surface area contributed by atoms with Gasteiger partial charge in [-0.15, -0.1) is 0 Å². The molecule has 2 aromatic rings. The van der Waals surface area contributed by atoms with Crippen molar-refractivity contribution in [1.29, 1.82) is 0 Å². The lowest BCUT2D eigenvalue weighted by atomic mass is 10.2. The Balaban J connectivity index is 0.00000338. The molecule has 0 saturated heterocycles. The van der Waals surface area contributed by atoms with E-state index >= 15 is 0 Å². The first-order valence-electron chi connectivity index (χ1n) is 7.22. The lowest BCUT2D eigenvalue weighted by molar-refractivity contribution is -0.110. The van der Waals surface area contributed by atoms with Crippen LogP contribution in [0.1, 0.15) is 5.56 Å². The quantitative estimate of drug-likeness (QED) is 0.151. The monoisotopic (exact) mass is 528 g/mol. The standard InChI is InChI=1S/C16H17ClN2O4S2.HI/c1-11-8-12(22-6-7-24-16(18)19)10-13(9-11)23-25(20,21)15-5-3-2-4-14(15)17;/h2-5,8-10H,6-7H2,1H3,(H3,18,19);1H. The SMILES string of the molecule is Cc1cc(OCCSC(N)=[NH2+])cc(OS(=O)(=O)c2ccccc2Cl)c1.[I-]. The number of hydrogen-bond acceptors (Lipinski definition) is 5. The molecular weight excluding hydrogens is 511 g/mol. The van der Waals surface area contributed by atoms with Crippen molar-refractivity contribution in [3.05, 3.63) is 53.1 Å². The Bertz CT molecular complexity index is 878. The number of halogens is 2. The Morgan fingerprint density at radius 2 is 1.88 bits per heavy atom. The van der Waals surface area contributed by atoms with E-state index in [1.54, 1.807) is 24.3 Å². The first-order valence-corrected chi connectivity index (χ1v) is 9.99. The summed E-state index contributed by atoms with van der Waals surface area (Å²) < 4.78 is 35.6. The van der Waals surface area contributed by atoms with Crippen LogP contribution in [0.4, 0.5) is 0 Å². The molecule has 4 N–H and O–H groups in total. The highest BCUT2D eigenvalue weighted by atomic mass is 127. The minimum Gasteiger partial charge on any atom is -1.00 e. The highest BCUT2D eigenvalue weighted by molar-refractivity contribution is 8.13. The molecule has 10 heteroatoms. The molecule has 2 aromatic carbocycles. The second-order valence-corrected chi connectivity index (χ2v) is 8.14. The van der Waals surface area contributed by atoms with E-state index in [4.69, 9.17) is 31.7 Å². The van der Waals surface area contributed by atoms with Crippen molar-refractivity contribution in [2.24, 2.45) is 5.73 Å². The van der Waals surface area contributed by atoms with Crippen LogP contribution in [0.5, 0.6) is 11.5 Å². The molecule has 0 saturated carbocycles. The molecule has 0 fully saturated rings. The number of benzene rings is 2. The summed E-state index contributed by atoms with van der Waals surface area (Å²) in [6.45, 7) is 2.17. The minimum atomic E-state index is -4.04. The van der Waals surface area contributed by atoms with Crippen LogP contribution in [0.2, 0.25) is 5.02 Å². The summed E-state index contributed by atoms with van der Waals surface area (Å²) in [7, 11) is -4.04. The topological polar surface area (TPSA) is 104 Å². The zero-order valence-electron chi connectivity index (χ0n) is 13.8. The largest absolute Gasteiger partial charge is 1.00 e. The maximum Gasteiger partial charge on any atom is 0.340 e. The van der Waals surface area contributed by atoms with E-state index in [-0.39, 0.29) is 44.8 Å². The molecule has 0 atom stereocenters. The third kappa shape index (κ3) is 6.86.